The highest BCUT2D eigenvalue weighted by Gasteiger charge is 2.33. The van der Waals surface area contributed by atoms with E-state index in [1.165, 1.54) is 12.1 Å². The minimum atomic E-state index is -4.75. The Labute approximate surface area is 161 Å². The molecule has 1 saturated heterocycles. The third-order valence-electron chi connectivity index (χ3n) is 5.11. The van der Waals surface area contributed by atoms with Crippen LogP contribution in [0.15, 0.2) is 24.3 Å². The first kappa shape index (κ1) is 20.4. The van der Waals surface area contributed by atoms with Gasteiger partial charge < -0.3 is 15.4 Å². The maximum absolute atomic E-state index is 12.5. The van der Waals surface area contributed by atoms with Gasteiger partial charge in [-0.05, 0) is 70.0 Å². The van der Waals surface area contributed by atoms with E-state index < -0.39 is 12.4 Å². The fraction of sp³-hybridized carbons (Fsp3) is 0.579. The Morgan fingerprint density at radius 3 is 2.25 bits per heavy atom. The molecule has 1 aliphatic heterocycles. The maximum Gasteiger partial charge on any atom is 0.573 e. The largest absolute Gasteiger partial charge is 0.573 e. The average molecular weight is 399 g/mol. The number of carbonyl (C=O) groups is 2. The molecule has 28 heavy (non-hydrogen) atoms. The van der Waals surface area contributed by atoms with Crippen LogP contribution in [-0.4, -0.2) is 48.2 Å². The molecule has 1 atom stereocenters. The zero-order chi connectivity index (χ0) is 20.3. The number of nitrogens with one attached hydrogen (secondary N) is 2. The summed E-state index contributed by atoms with van der Waals surface area (Å²) in [5.74, 6) is -0.482. The van der Waals surface area contributed by atoms with Crippen molar-refractivity contribution in [2.24, 2.45) is 5.92 Å². The summed E-state index contributed by atoms with van der Waals surface area (Å²) in [4.78, 5) is 26.6. The molecule has 0 bridgehead atoms. The Hall–Kier alpha value is -2.29. The summed E-state index contributed by atoms with van der Waals surface area (Å²) >= 11 is 0. The highest BCUT2D eigenvalue weighted by molar-refractivity contribution is 5.94. The Morgan fingerprint density at radius 1 is 1.11 bits per heavy atom. The zero-order valence-electron chi connectivity index (χ0n) is 15.6. The van der Waals surface area contributed by atoms with Crippen molar-refractivity contribution in [2.45, 2.75) is 51.1 Å². The van der Waals surface area contributed by atoms with Gasteiger partial charge in [0.15, 0.2) is 0 Å². The van der Waals surface area contributed by atoms with Crippen molar-refractivity contribution in [1.29, 1.82) is 0 Å². The first-order chi connectivity index (χ1) is 13.2. The van der Waals surface area contributed by atoms with Gasteiger partial charge in [-0.3, -0.25) is 14.5 Å². The molecule has 2 fully saturated rings. The molecule has 1 unspecified atom stereocenters. The van der Waals surface area contributed by atoms with Crippen LogP contribution in [0.25, 0.3) is 0 Å². The second-order valence-electron chi connectivity index (χ2n) is 7.33. The number of carbonyl (C=O) groups excluding carboxylic acids is 2. The van der Waals surface area contributed by atoms with Crippen LogP contribution in [0.2, 0.25) is 0 Å². The van der Waals surface area contributed by atoms with Gasteiger partial charge in [0, 0.05) is 17.6 Å². The minimum absolute atomic E-state index is 0.00621. The molecule has 154 valence electrons. The molecule has 0 spiro atoms. The molecule has 0 radical (unpaired) electrons. The van der Waals surface area contributed by atoms with Crippen molar-refractivity contribution >= 4 is 17.5 Å². The first-order valence-corrected chi connectivity index (χ1v) is 9.42. The number of anilines is 1. The predicted molar refractivity (Wildman–Crippen MR) is 96.7 cm³/mol. The third kappa shape index (κ3) is 5.85. The number of amides is 2. The van der Waals surface area contributed by atoms with Crippen LogP contribution in [0, 0.1) is 5.92 Å². The molecule has 2 N–H and O–H groups in total. The van der Waals surface area contributed by atoms with Crippen molar-refractivity contribution in [3.8, 4) is 5.75 Å². The van der Waals surface area contributed by atoms with Crippen molar-refractivity contribution < 1.29 is 27.5 Å². The van der Waals surface area contributed by atoms with E-state index >= 15 is 0 Å². The second kappa shape index (κ2) is 8.38. The summed E-state index contributed by atoms with van der Waals surface area (Å²) in [7, 11) is 0. The lowest BCUT2D eigenvalue weighted by molar-refractivity contribution is -0.274. The average Bonchev–Trinajstić information content (AvgIpc) is 3.45. The topological polar surface area (TPSA) is 70.7 Å². The molecule has 1 aliphatic carbocycles. The fourth-order valence-corrected chi connectivity index (χ4v) is 3.25. The number of ether oxygens (including phenoxy) is 1. The Kier molecular flexibility index (Phi) is 6.12. The summed E-state index contributed by atoms with van der Waals surface area (Å²) in [6, 6.07) is 4.97. The van der Waals surface area contributed by atoms with Crippen LogP contribution in [0.4, 0.5) is 18.9 Å². The van der Waals surface area contributed by atoms with E-state index in [1.54, 1.807) is 6.92 Å². The number of nitrogens with zero attached hydrogens (tertiary/aromatic N) is 1. The predicted octanol–water partition coefficient (Wildman–Crippen LogP) is 2.90. The normalized spacial score (nSPS) is 19.7. The van der Waals surface area contributed by atoms with Crippen molar-refractivity contribution in [3.05, 3.63) is 24.3 Å². The molecular formula is C19H24F3N3O3. The molecule has 1 heterocycles. The van der Waals surface area contributed by atoms with E-state index in [9.17, 15) is 22.8 Å². The van der Waals surface area contributed by atoms with E-state index in [2.05, 4.69) is 15.4 Å². The SMILES string of the molecule is CC(C(=O)Nc1ccc(OC(F)(F)F)cc1)N1CCC(C(=O)NC2CC2)CC1. The summed E-state index contributed by atoms with van der Waals surface area (Å²) < 4.78 is 40.4. The van der Waals surface area contributed by atoms with Crippen LogP contribution < -0.4 is 15.4 Å². The number of alkyl halides is 3. The van der Waals surface area contributed by atoms with Crippen molar-refractivity contribution in [1.82, 2.24) is 10.2 Å². The number of hydrogen-bond acceptors (Lipinski definition) is 4. The van der Waals surface area contributed by atoms with E-state index in [4.69, 9.17) is 0 Å². The molecule has 0 aromatic heterocycles. The highest BCUT2D eigenvalue weighted by atomic mass is 19.4. The number of rotatable bonds is 6. The van der Waals surface area contributed by atoms with E-state index in [0.29, 0.717) is 37.7 Å². The number of hydrogen-bond donors (Lipinski definition) is 2. The highest BCUT2D eigenvalue weighted by Crippen LogP contribution is 2.25. The lowest BCUT2D eigenvalue weighted by Gasteiger charge is -2.34. The van der Waals surface area contributed by atoms with Gasteiger partial charge in [-0.1, -0.05) is 0 Å². The van der Waals surface area contributed by atoms with Crippen LogP contribution >= 0.6 is 0 Å². The standard InChI is InChI=1S/C19H24F3N3O3/c1-12(25-10-8-13(9-11-25)18(27)24-14-2-3-14)17(26)23-15-4-6-16(7-5-15)28-19(20,21)22/h4-7,12-14H,2-3,8-11H2,1H3,(H,23,26)(H,24,27). The van der Waals surface area contributed by atoms with E-state index in [-0.39, 0.29) is 23.5 Å². The first-order valence-electron chi connectivity index (χ1n) is 9.42. The van der Waals surface area contributed by atoms with Gasteiger partial charge in [-0.2, -0.15) is 0 Å². The van der Waals surface area contributed by atoms with E-state index in [0.717, 1.165) is 25.0 Å². The molecular weight excluding hydrogens is 375 g/mol. The van der Waals surface area contributed by atoms with Gasteiger partial charge in [-0.15, -0.1) is 13.2 Å². The minimum Gasteiger partial charge on any atom is -0.406 e. The molecule has 1 saturated carbocycles. The summed E-state index contributed by atoms with van der Waals surface area (Å²) in [6.45, 7) is 3.08. The quantitative estimate of drug-likeness (QED) is 0.772. The van der Waals surface area contributed by atoms with Crippen LogP contribution in [0.5, 0.6) is 5.75 Å². The molecule has 6 nitrogen and oxygen atoms in total. The molecule has 9 heteroatoms. The Balaban J connectivity index is 1.46. The number of halogens is 3. The molecule has 1 aromatic rings. The monoisotopic (exact) mass is 399 g/mol. The molecule has 2 aliphatic rings. The summed E-state index contributed by atoms with van der Waals surface area (Å²) in [5, 5.41) is 5.72. The third-order valence-corrected chi connectivity index (χ3v) is 5.11. The molecule has 3 rings (SSSR count). The maximum atomic E-state index is 12.5. The summed E-state index contributed by atoms with van der Waals surface area (Å²) in [6.07, 6.45) is -1.21. The summed E-state index contributed by atoms with van der Waals surface area (Å²) in [5.41, 5.74) is 0.394. The Morgan fingerprint density at radius 2 is 1.71 bits per heavy atom. The van der Waals surface area contributed by atoms with Gasteiger partial charge in [0.1, 0.15) is 5.75 Å². The van der Waals surface area contributed by atoms with Gasteiger partial charge >= 0.3 is 6.36 Å². The van der Waals surface area contributed by atoms with Crippen LogP contribution in [0.1, 0.15) is 32.6 Å². The van der Waals surface area contributed by atoms with Crippen molar-refractivity contribution in [3.63, 3.8) is 0 Å². The van der Waals surface area contributed by atoms with Gasteiger partial charge in [0.2, 0.25) is 11.8 Å². The number of benzene rings is 1. The van der Waals surface area contributed by atoms with Crippen molar-refractivity contribution in [2.75, 3.05) is 18.4 Å². The van der Waals surface area contributed by atoms with Gasteiger partial charge in [0.25, 0.3) is 0 Å². The smallest absolute Gasteiger partial charge is 0.406 e. The van der Waals surface area contributed by atoms with Crippen LogP contribution in [0.3, 0.4) is 0 Å². The van der Waals surface area contributed by atoms with Gasteiger partial charge in [0.05, 0.1) is 6.04 Å². The zero-order valence-corrected chi connectivity index (χ0v) is 15.6. The van der Waals surface area contributed by atoms with Gasteiger partial charge in [-0.25, -0.2) is 0 Å². The van der Waals surface area contributed by atoms with Crippen LogP contribution in [-0.2, 0) is 9.59 Å². The second-order valence-corrected chi connectivity index (χ2v) is 7.33. The Bertz CT molecular complexity index is 697. The lowest BCUT2D eigenvalue weighted by atomic mass is 9.95. The number of piperidine rings is 1. The van der Waals surface area contributed by atoms with E-state index in [1.807, 2.05) is 4.90 Å². The fourth-order valence-electron chi connectivity index (χ4n) is 3.25. The molecule has 1 aromatic carbocycles. The lowest BCUT2D eigenvalue weighted by Crippen LogP contribution is -2.48. The molecule has 2 amide bonds. The number of likely N-dealkylation sites (tertiary alicyclic amines) is 1.